The molecule has 0 fully saturated rings. The van der Waals surface area contributed by atoms with E-state index in [0.717, 1.165) is 0 Å². The lowest BCUT2D eigenvalue weighted by atomic mass is 10.2. The van der Waals surface area contributed by atoms with Gasteiger partial charge in [-0.3, -0.25) is 9.20 Å². The Morgan fingerprint density at radius 1 is 1.20 bits per heavy atom. The molecule has 0 aliphatic carbocycles. The number of hydrogen-bond acceptors (Lipinski definition) is 4. The van der Waals surface area contributed by atoms with E-state index < -0.39 is 0 Å². The van der Waals surface area contributed by atoms with E-state index in [1.165, 1.54) is 22.9 Å². The average molecular weight is 425 g/mol. The molecule has 0 aliphatic rings. The van der Waals surface area contributed by atoms with Crippen molar-refractivity contribution in [3.63, 3.8) is 0 Å². The number of benzene rings is 1. The zero-order valence-electron chi connectivity index (χ0n) is 16.3. The first kappa shape index (κ1) is 19.8. The topological polar surface area (TPSA) is 77.1 Å². The van der Waals surface area contributed by atoms with Crippen LogP contribution in [0.2, 0.25) is 5.15 Å². The van der Waals surface area contributed by atoms with Gasteiger partial charge in [-0.2, -0.15) is 5.10 Å². The van der Waals surface area contributed by atoms with Crippen molar-refractivity contribution in [3.05, 3.63) is 82.8 Å². The molecule has 30 heavy (non-hydrogen) atoms. The number of rotatable bonds is 5. The number of aromatic nitrogens is 5. The Morgan fingerprint density at radius 2 is 1.97 bits per heavy atom. The van der Waals surface area contributed by atoms with Crippen LogP contribution in [0.5, 0.6) is 0 Å². The van der Waals surface area contributed by atoms with Gasteiger partial charge in [0.15, 0.2) is 11.5 Å². The quantitative estimate of drug-likeness (QED) is 0.493. The molecular weight excluding hydrogens is 407 g/mol. The predicted octanol–water partition coefficient (Wildman–Crippen LogP) is 3.91. The highest BCUT2D eigenvalue weighted by molar-refractivity contribution is 6.31. The van der Waals surface area contributed by atoms with Crippen molar-refractivity contribution in [2.24, 2.45) is 0 Å². The maximum Gasteiger partial charge on any atom is 0.244 e. The lowest BCUT2D eigenvalue weighted by Crippen LogP contribution is -2.26. The van der Waals surface area contributed by atoms with Gasteiger partial charge in [0.2, 0.25) is 5.91 Å². The summed E-state index contributed by atoms with van der Waals surface area (Å²) in [5, 5.41) is 15.8. The summed E-state index contributed by atoms with van der Waals surface area (Å²) in [6.07, 6.45) is 4.84. The van der Waals surface area contributed by atoms with Crippen molar-refractivity contribution < 1.29 is 9.18 Å². The summed E-state index contributed by atoms with van der Waals surface area (Å²) in [6, 6.07) is 11.1. The number of nitrogens with one attached hydrogen (secondary N) is 1. The standard InChI is InChI=1S/C21H18ClFN6O/c1-13-17(20(22)29(27-13)16-8-6-15(23)7-9-16)10-11-19(30)24-14(2)21-26-25-18-5-3-4-12-28(18)21/h3-12,14H,1-2H3,(H,24,30)/b11-10+. The molecule has 3 aromatic heterocycles. The molecule has 0 aliphatic heterocycles. The van der Waals surface area contributed by atoms with Crippen LogP contribution in [0.25, 0.3) is 17.4 Å². The van der Waals surface area contributed by atoms with Crippen molar-refractivity contribution in [1.29, 1.82) is 0 Å². The van der Waals surface area contributed by atoms with Crippen LogP contribution in [0.4, 0.5) is 4.39 Å². The molecule has 1 unspecified atom stereocenters. The van der Waals surface area contributed by atoms with E-state index in [9.17, 15) is 9.18 Å². The van der Waals surface area contributed by atoms with Crippen LogP contribution < -0.4 is 5.32 Å². The minimum Gasteiger partial charge on any atom is -0.343 e. The normalized spacial score (nSPS) is 12.5. The molecule has 1 atom stereocenters. The van der Waals surface area contributed by atoms with Crippen LogP contribution in [-0.4, -0.2) is 30.3 Å². The highest BCUT2D eigenvalue weighted by atomic mass is 35.5. The zero-order chi connectivity index (χ0) is 21.3. The average Bonchev–Trinajstić information content (AvgIpc) is 3.28. The second kappa shape index (κ2) is 8.08. The van der Waals surface area contributed by atoms with Gasteiger partial charge in [-0.15, -0.1) is 10.2 Å². The Balaban J connectivity index is 1.51. The van der Waals surface area contributed by atoms with Gasteiger partial charge in [0.05, 0.1) is 17.4 Å². The van der Waals surface area contributed by atoms with Gasteiger partial charge in [-0.1, -0.05) is 17.7 Å². The van der Waals surface area contributed by atoms with E-state index in [1.807, 2.05) is 35.7 Å². The summed E-state index contributed by atoms with van der Waals surface area (Å²) in [4.78, 5) is 12.4. The molecule has 0 bridgehead atoms. The van der Waals surface area contributed by atoms with E-state index in [1.54, 1.807) is 25.1 Å². The second-order valence-corrected chi connectivity index (χ2v) is 7.09. The number of fused-ring (bicyclic) bond motifs is 1. The van der Waals surface area contributed by atoms with Crippen molar-refractivity contribution in [1.82, 2.24) is 29.7 Å². The van der Waals surface area contributed by atoms with Crippen molar-refractivity contribution in [2.75, 3.05) is 0 Å². The summed E-state index contributed by atoms with van der Waals surface area (Å²) in [5.74, 6) is -0.0176. The molecule has 1 aromatic carbocycles. The van der Waals surface area contributed by atoms with Crippen molar-refractivity contribution >= 4 is 29.2 Å². The van der Waals surface area contributed by atoms with Crippen LogP contribution in [0.3, 0.4) is 0 Å². The zero-order valence-corrected chi connectivity index (χ0v) is 17.0. The molecule has 1 N–H and O–H groups in total. The van der Waals surface area contributed by atoms with Gasteiger partial charge in [-0.05, 0) is 56.3 Å². The van der Waals surface area contributed by atoms with Gasteiger partial charge >= 0.3 is 0 Å². The Bertz CT molecular complexity index is 1240. The van der Waals surface area contributed by atoms with E-state index >= 15 is 0 Å². The van der Waals surface area contributed by atoms with Crippen LogP contribution in [-0.2, 0) is 4.79 Å². The lowest BCUT2D eigenvalue weighted by Gasteiger charge is -2.10. The highest BCUT2D eigenvalue weighted by Gasteiger charge is 2.16. The van der Waals surface area contributed by atoms with E-state index in [0.29, 0.717) is 33.6 Å². The molecule has 3 heterocycles. The molecule has 1 amide bonds. The number of carbonyl (C=O) groups is 1. The first-order valence-corrected chi connectivity index (χ1v) is 9.61. The molecule has 4 aromatic rings. The highest BCUT2D eigenvalue weighted by Crippen LogP contribution is 2.25. The molecule has 4 rings (SSSR count). The number of pyridine rings is 1. The van der Waals surface area contributed by atoms with E-state index in [-0.39, 0.29) is 17.8 Å². The molecule has 0 radical (unpaired) electrons. The molecular formula is C21H18ClFN6O. The third kappa shape index (κ3) is 3.81. The van der Waals surface area contributed by atoms with Crippen molar-refractivity contribution in [2.45, 2.75) is 19.9 Å². The van der Waals surface area contributed by atoms with Gasteiger partial charge in [-0.25, -0.2) is 9.07 Å². The molecule has 0 saturated carbocycles. The van der Waals surface area contributed by atoms with Crippen molar-refractivity contribution in [3.8, 4) is 5.69 Å². The summed E-state index contributed by atoms with van der Waals surface area (Å²) < 4.78 is 16.5. The maximum absolute atomic E-state index is 13.2. The fourth-order valence-corrected chi connectivity index (χ4v) is 3.43. The van der Waals surface area contributed by atoms with E-state index in [2.05, 4.69) is 20.6 Å². The molecule has 9 heteroatoms. The molecule has 152 valence electrons. The van der Waals surface area contributed by atoms with Crippen LogP contribution in [0.15, 0.2) is 54.7 Å². The number of amides is 1. The first-order chi connectivity index (χ1) is 14.4. The minimum atomic E-state index is -0.349. The van der Waals surface area contributed by atoms with Gasteiger partial charge in [0.1, 0.15) is 11.0 Å². The third-order valence-electron chi connectivity index (χ3n) is 4.61. The number of nitrogens with zero attached hydrogens (tertiary/aromatic N) is 5. The fourth-order valence-electron chi connectivity index (χ4n) is 3.09. The smallest absolute Gasteiger partial charge is 0.244 e. The van der Waals surface area contributed by atoms with Crippen LogP contribution in [0, 0.1) is 12.7 Å². The Morgan fingerprint density at radius 3 is 2.73 bits per heavy atom. The molecule has 7 nitrogen and oxygen atoms in total. The predicted molar refractivity (Wildman–Crippen MR) is 112 cm³/mol. The van der Waals surface area contributed by atoms with Gasteiger partial charge in [0, 0.05) is 17.8 Å². The fraction of sp³-hybridized carbons (Fsp3) is 0.143. The number of hydrogen-bond donors (Lipinski definition) is 1. The van der Waals surface area contributed by atoms with Crippen LogP contribution >= 0.6 is 11.6 Å². The maximum atomic E-state index is 13.2. The Kier molecular flexibility index (Phi) is 5.33. The van der Waals surface area contributed by atoms with E-state index in [4.69, 9.17) is 11.6 Å². The largest absolute Gasteiger partial charge is 0.343 e. The Labute approximate surface area is 176 Å². The Hall–Kier alpha value is -3.52. The summed E-state index contributed by atoms with van der Waals surface area (Å²) in [7, 11) is 0. The minimum absolute atomic E-state index is 0.305. The summed E-state index contributed by atoms with van der Waals surface area (Å²) in [6.45, 7) is 3.62. The number of halogens is 2. The SMILES string of the molecule is Cc1nn(-c2ccc(F)cc2)c(Cl)c1/C=C/C(=O)NC(C)c1nnc2ccccn12. The van der Waals surface area contributed by atoms with Gasteiger partial charge < -0.3 is 5.32 Å². The monoisotopic (exact) mass is 424 g/mol. The molecule has 0 saturated heterocycles. The summed E-state index contributed by atoms with van der Waals surface area (Å²) in [5.41, 5.74) is 2.59. The summed E-state index contributed by atoms with van der Waals surface area (Å²) >= 11 is 6.44. The first-order valence-electron chi connectivity index (χ1n) is 9.23. The third-order valence-corrected chi connectivity index (χ3v) is 4.97. The second-order valence-electron chi connectivity index (χ2n) is 6.73. The number of carbonyl (C=O) groups excluding carboxylic acids is 1. The number of aryl methyl sites for hydroxylation is 1. The molecule has 0 spiro atoms. The van der Waals surface area contributed by atoms with Crippen LogP contribution in [0.1, 0.15) is 30.0 Å². The van der Waals surface area contributed by atoms with Gasteiger partial charge in [0.25, 0.3) is 0 Å². The lowest BCUT2D eigenvalue weighted by molar-refractivity contribution is -0.117.